The summed E-state index contributed by atoms with van der Waals surface area (Å²) >= 11 is 0. The van der Waals surface area contributed by atoms with Gasteiger partial charge < -0.3 is 14.8 Å². The normalized spacial score (nSPS) is 24.4. The van der Waals surface area contributed by atoms with Crippen LogP contribution >= 0.6 is 0 Å². The summed E-state index contributed by atoms with van der Waals surface area (Å²) in [6.45, 7) is 2.06. The van der Waals surface area contributed by atoms with Crippen LogP contribution in [0.2, 0.25) is 0 Å². The molecule has 4 heteroatoms. The molecule has 1 fully saturated rings. The molecule has 1 aliphatic rings. The van der Waals surface area contributed by atoms with Gasteiger partial charge in [0.2, 0.25) is 0 Å². The van der Waals surface area contributed by atoms with Crippen LogP contribution in [0.1, 0.15) is 44.2 Å². The zero-order chi connectivity index (χ0) is 14.5. The Labute approximate surface area is 120 Å². The van der Waals surface area contributed by atoms with E-state index in [1.54, 1.807) is 19.2 Å². The third-order valence-electron chi connectivity index (χ3n) is 4.15. The summed E-state index contributed by atoms with van der Waals surface area (Å²) in [5.74, 6) is -0.0287. The second-order valence-corrected chi connectivity index (χ2v) is 5.45. The standard InChI is InChI=1S/C16H24FNO2/c1-11(12-8-9-15(19-2)13(17)10-12)18-14-6-4-5-7-16(14)20-3/h8-11,14,16,18H,4-7H2,1-3H3. The van der Waals surface area contributed by atoms with E-state index < -0.39 is 0 Å². The lowest BCUT2D eigenvalue weighted by atomic mass is 9.91. The molecular formula is C16H24FNO2. The van der Waals surface area contributed by atoms with Crippen LogP contribution in [0.15, 0.2) is 18.2 Å². The topological polar surface area (TPSA) is 30.5 Å². The Morgan fingerprint density at radius 3 is 2.65 bits per heavy atom. The van der Waals surface area contributed by atoms with E-state index in [2.05, 4.69) is 12.2 Å². The fourth-order valence-electron chi connectivity index (χ4n) is 2.94. The van der Waals surface area contributed by atoms with Crippen LogP contribution in [0, 0.1) is 5.82 Å². The van der Waals surface area contributed by atoms with Gasteiger partial charge in [-0.3, -0.25) is 0 Å². The van der Waals surface area contributed by atoms with Crippen molar-refractivity contribution in [3.05, 3.63) is 29.6 Å². The van der Waals surface area contributed by atoms with E-state index in [1.807, 2.05) is 6.07 Å². The van der Waals surface area contributed by atoms with E-state index in [1.165, 1.54) is 20.0 Å². The van der Waals surface area contributed by atoms with Crippen molar-refractivity contribution in [3.8, 4) is 5.75 Å². The largest absolute Gasteiger partial charge is 0.494 e. The Kier molecular flexibility index (Phi) is 5.38. The minimum Gasteiger partial charge on any atom is -0.494 e. The maximum atomic E-state index is 13.8. The summed E-state index contributed by atoms with van der Waals surface area (Å²) in [6, 6.07) is 5.56. The number of hydrogen-bond acceptors (Lipinski definition) is 3. The number of ether oxygens (including phenoxy) is 2. The summed E-state index contributed by atoms with van der Waals surface area (Å²) in [4.78, 5) is 0. The van der Waals surface area contributed by atoms with Crippen LogP contribution in [0.3, 0.4) is 0 Å². The van der Waals surface area contributed by atoms with Gasteiger partial charge in [-0.1, -0.05) is 18.9 Å². The number of rotatable bonds is 5. The second kappa shape index (κ2) is 7.04. The highest BCUT2D eigenvalue weighted by molar-refractivity contribution is 5.30. The van der Waals surface area contributed by atoms with Gasteiger partial charge in [0.05, 0.1) is 13.2 Å². The molecule has 0 heterocycles. The van der Waals surface area contributed by atoms with Crippen LogP contribution in [-0.2, 0) is 4.74 Å². The molecule has 1 N–H and O–H groups in total. The molecule has 0 spiro atoms. The van der Waals surface area contributed by atoms with Crippen molar-refractivity contribution < 1.29 is 13.9 Å². The molecule has 1 saturated carbocycles. The first-order valence-corrected chi connectivity index (χ1v) is 7.28. The van der Waals surface area contributed by atoms with Gasteiger partial charge in [0, 0.05) is 19.2 Å². The summed E-state index contributed by atoms with van der Waals surface area (Å²) < 4.78 is 24.2. The average Bonchev–Trinajstić information content (AvgIpc) is 2.47. The van der Waals surface area contributed by atoms with Crippen LogP contribution in [0.5, 0.6) is 5.75 Å². The number of nitrogens with one attached hydrogen (secondary N) is 1. The Morgan fingerprint density at radius 2 is 2.00 bits per heavy atom. The first kappa shape index (κ1) is 15.3. The number of methoxy groups -OCH3 is 2. The molecule has 3 unspecified atom stereocenters. The summed E-state index contributed by atoms with van der Waals surface area (Å²) in [5.41, 5.74) is 0.934. The maximum absolute atomic E-state index is 13.8. The Hall–Kier alpha value is -1.13. The van der Waals surface area contributed by atoms with E-state index in [4.69, 9.17) is 9.47 Å². The Bertz CT molecular complexity index is 438. The van der Waals surface area contributed by atoms with Gasteiger partial charge in [-0.15, -0.1) is 0 Å². The van der Waals surface area contributed by atoms with Gasteiger partial charge in [-0.25, -0.2) is 4.39 Å². The SMILES string of the molecule is COc1ccc(C(C)NC2CCCCC2OC)cc1F. The molecule has 1 aromatic carbocycles. The third kappa shape index (κ3) is 3.49. The van der Waals surface area contributed by atoms with Gasteiger partial charge in [0.1, 0.15) is 0 Å². The van der Waals surface area contributed by atoms with E-state index in [-0.39, 0.29) is 23.7 Å². The molecule has 0 amide bonds. The monoisotopic (exact) mass is 281 g/mol. The molecule has 0 bridgehead atoms. The molecule has 3 atom stereocenters. The van der Waals surface area contributed by atoms with Crippen molar-refractivity contribution >= 4 is 0 Å². The first-order chi connectivity index (χ1) is 9.65. The van der Waals surface area contributed by atoms with Crippen molar-refractivity contribution in [2.45, 2.75) is 50.8 Å². The van der Waals surface area contributed by atoms with Crippen molar-refractivity contribution in [1.82, 2.24) is 5.32 Å². The molecule has 0 radical (unpaired) electrons. The van der Waals surface area contributed by atoms with E-state index >= 15 is 0 Å². The molecule has 20 heavy (non-hydrogen) atoms. The Balaban J connectivity index is 2.03. The highest BCUT2D eigenvalue weighted by Gasteiger charge is 2.26. The molecule has 1 aromatic rings. The van der Waals surface area contributed by atoms with Crippen LogP contribution in [-0.4, -0.2) is 26.4 Å². The number of hydrogen-bond donors (Lipinski definition) is 1. The van der Waals surface area contributed by atoms with Crippen LogP contribution < -0.4 is 10.1 Å². The molecule has 0 aromatic heterocycles. The van der Waals surface area contributed by atoms with E-state index in [0.717, 1.165) is 18.4 Å². The molecule has 2 rings (SSSR count). The van der Waals surface area contributed by atoms with Crippen LogP contribution in [0.4, 0.5) is 4.39 Å². The van der Waals surface area contributed by atoms with E-state index in [9.17, 15) is 4.39 Å². The molecule has 0 aliphatic heterocycles. The van der Waals surface area contributed by atoms with Crippen molar-refractivity contribution in [3.63, 3.8) is 0 Å². The fourth-order valence-corrected chi connectivity index (χ4v) is 2.94. The zero-order valence-electron chi connectivity index (χ0n) is 12.5. The number of halogens is 1. The lowest BCUT2D eigenvalue weighted by Crippen LogP contribution is -2.44. The minimum absolute atomic E-state index is 0.0937. The predicted octanol–water partition coefficient (Wildman–Crippen LogP) is 3.44. The summed E-state index contributed by atoms with van der Waals surface area (Å²) in [5, 5.41) is 3.57. The first-order valence-electron chi connectivity index (χ1n) is 7.28. The van der Waals surface area contributed by atoms with Gasteiger partial charge >= 0.3 is 0 Å². The highest BCUT2D eigenvalue weighted by atomic mass is 19.1. The molecular weight excluding hydrogens is 257 g/mol. The van der Waals surface area contributed by atoms with Crippen molar-refractivity contribution in [1.29, 1.82) is 0 Å². The Morgan fingerprint density at radius 1 is 1.25 bits per heavy atom. The lowest BCUT2D eigenvalue weighted by Gasteiger charge is -2.33. The van der Waals surface area contributed by atoms with Crippen LogP contribution in [0.25, 0.3) is 0 Å². The zero-order valence-corrected chi connectivity index (χ0v) is 12.5. The van der Waals surface area contributed by atoms with Gasteiger partial charge in [0.15, 0.2) is 11.6 Å². The molecule has 112 valence electrons. The quantitative estimate of drug-likeness (QED) is 0.896. The molecule has 3 nitrogen and oxygen atoms in total. The average molecular weight is 281 g/mol. The smallest absolute Gasteiger partial charge is 0.165 e. The van der Waals surface area contributed by atoms with Crippen molar-refractivity contribution in [2.24, 2.45) is 0 Å². The lowest BCUT2D eigenvalue weighted by molar-refractivity contribution is 0.0384. The molecule has 1 aliphatic carbocycles. The maximum Gasteiger partial charge on any atom is 0.165 e. The second-order valence-electron chi connectivity index (χ2n) is 5.45. The number of benzene rings is 1. The molecule has 0 saturated heterocycles. The van der Waals surface area contributed by atoms with Gasteiger partial charge in [0.25, 0.3) is 0 Å². The minimum atomic E-state index is -0.314. The van der Waals surface area contributed by atoms with Gasteiger partial charge in [-0.05, 0) is 37.5 Å². The summed E-state index contributed by atoms with van der Waals surface area (Å²) in [7, 11) is 3.24. The predicted molar refractivity (Wildman–Crippen MR) is 77.6 cm³/mol. The fraction of sp³-hybridized carbons (Fsp3) is 0.625. The van der Waals surface area contributed by atoms with E-state index in [0.29, 0.717) is 6.04 Å². The van der Waals surface area contributed by atoms with Gasteiger partial charge in [-0.2, -0.15) is 0 Å². The van der Waals surface area contributed by atoms with Crippen molar-refractivity contribution in [2.75, 3.05) is 14.2 Å². The third-order valence-corrected chi connectivity index (χ3v) is 4.15. The highest BCUT2D eigenvalue weighted by Crippen LogP contribution is 2.26. The summed E-state index contributed by atoms with van der Waals surface area (Å²) in [6.07, 6.45) is 4.91.